The van der Waals surface area contributed by atoms with Gasteiger partial charge in [-0.15, -0.1) is 0 Å². The molecule has 1 amide bonds. The van der Waals surface area contributed by atoms with Gasteiger partial charge in [-0.1, -0.05) is 20.8 Å². The third-order valence-electron chi connectivity index (χ3n) is 2.60. The third-order valence-corrected chi connectivity index (χ3v) is 2.60. The molecule has 0 spiro atoms. The molecule has 0 aromatic carbocycles. The minimum absolute atomic E-state index is 0.167. The lowest BCUT2D eigenvalue weighted by Gasteiger charge is -2.28. The molecule has 0 aromatic rings. The van der Waals surface area contributed by atoms with Gasteiger partial charge in [-0.3, -0.25) is 0 Å². The Bertz CT molecular complexity index is 255. The summed E-state index contributed by atoms with van der Waals surface area (Å²) in [5, 5.41) is 2.62. The van der Waals surface area contributed by atoms with Crippen molar-refractivity contribution in [2.24, 2.45) is 11.3 Å². The maximum absolute atomic E-state index is 11.4. The molecular formula is C12H23NO3. The normalized spacial score (nSPS) is 15.4. The molecule has 0 fully saturated rings. The number of amides is 1. The summed E-state index contributed by atoms with van der Waals surface area (Å²) >= 11 is 0. The molecule has 0 aliphatic carbocycles. The van der Waals surface area contributed by atoms with Gasteiger partial charge in [0.25, 0.3) is 0 Å². The Morgan fingerprint density at radius 3 is 2.12 bits per heavy atom. The molecule has 16 heavy (non-hydrogen) atoms. The Labute approximate surface area is 97.7 Å². The molecule has 0 aliphatic heterocycles. The molecule has 1 unspecified atom stereocenters. The van der Waals surface area contributed by atoms with Crippen molar-refractivity contribution < 1.29 is 14.3 Å². The zero-order valence-corrected chi connectivity index (χ0v) is 11.1. The van der Waals surface area contributed by atoms with Crippen LogP contribution < -0.4 is 5.32 Å². The quantitative estimate of drug-likeness (QED) is 0.753. The number of rotatable bonds is 4. The predicted molar refractivity (Wildman–Crippen MR) is 63.2 cm³/mol. The van der Waals surface area contributed by atoms with Gasteiger partial charge in [0.05, 0.1) is 0 Å². The summed E-state index contributed by atoms with van der Waals surface area (Å²) in [5.41, 5.74) is -1.06. The summed E-state index contributed by atoms with van der Waals surface area (Å²) in [6.07, 6.45) is 0.399. The van der Waals surface area contributed by atoms with Gasteiger partial charge in [-0.2, -0.15) is 0 Å². The Morgan fingerprint density at radius 1 is 1.31 bits per heavy atom. The molecule has 0 saturated heterocycles. The molecule has 4 nitrogen and oxygen atoms in total. The largest absolute Gasteiger partial charge is 0.444 e. The molecule has 1 atom stereocenters. The van der Waals surface area contributed by atoms with Crippen LogP contribution in [0.4, 0.5) is 4.79 Å². The van der Waals surface area contributed by atoms with E-state index in [1.54, 1.807) is 20.8 Å². The van der Waals surface area contributed by atoms with Crippen molar-refractivity contribution in [1.82, 2.24) is 5.32 Å². The molecule has 0 rings (SSSR count). The van der Waals surface area contributed by atoms with Crippen molar-refractivity contribution in [3.05, 3.63) is 0 Å². The lowest BCUT2D eigenvalue weighted by Crippen LogP contribution is -2.42. The van der Waals surface area contributed by atoms with Crippen molar-refractivity contribution in [2.45, 2.75) is 47.1 Å². The van der Waals surface area contributed by atoms with Crippen molar-refractivity contribution in [3.63, 3.8) is 0 Å². The number of hydrogen-bond donors (Lipinski definition) is 1. The van der Waals surface area contributed by atoms with Gasteiger partial charge < -0.3 is 14.8 Å². The molecule has 0 aromatic heterocycles. The zero-order valence-electron chi connectivity index (χ0n) is 11.1. The molecule has 0 heterocycles. The SMILES string of the molecule is CC(C)C(C)(C=O)CNC(=O)OC(C)(C)C. The zero-order chi connectivity index (χ0) is 13.0. The fraction of sp³-hybridized carbons (Fsp3) is 0.833. The fourth-order valence-corrected chi connectivity index (χ4v) is 0.959. The van der Waals surface area contributed by atoms with Crippen molar-refractivity contribution in [3.8, 4) is 0 Å². The molecule has 1 N–H and O–H groups in total. The highest BCUT2D eigenvalue weighted by Crippen LogP contribution is 2.23. The summed E-state index contributed by atoms with van der Waals surface area (Å²) in [7, 11) is 0. The molecule has 0 aliphatic rings. The lowest BCUT2D eigenvalue weighted by molar-refractivity contribution is -0.117. The maximum atomic E-state index is 11.4. The lowest BCUT2D eigenvalue weighted by atomic mass is 9.80. The Hall–Kier alpha value is -1.06. The average molecular weight is 229 g/mol. The summed E-state index contributed by atoms with van der Waals surface area (Å²) in [5.74, 6) is 0.167. The van der Waals surface area contributed by atoms with E-state index in [4.69, 9.17) is 4.74 Å². The second-order valence-corrected chi connectivity index (χ2v) is 5.63. The van der Waals surface area contributed by atoms with Crippen molar-refractivity contribution >= 4 is 12.4 Å². The van der Waals surface area contributed by atoms with E-state index >= 15 is 0 Å². The first-order chi connectivity index (χ1) is 7.10. The van der Waals surface area contributed by atoms with Crippen LogP contribution in [0.5, 0.6) is 0 Å². The fourth-order valence-electron chi connectivity index (χ4n) is 0.959. The third kappa shape index (κ3) is 5.14. The van der Waals surface area contributed by atoms with Crippen LogP contribution in [0.1, 0.15) is 41.5 Å². The molecule has 4 heteroatoms. The number of hydrogen-bond acceptors (Lipinski definition) is 3. The standard InChI is InChI=1S/C12H23NO3/c1-9(2)12(6,8-14)7-13-10(15)16-11(3,4)5/h8-9H,7H2,1-6H3,(H,13,15). The van der Waals surface area contributed by atoms with Gasteiger partial charge in [0, 0.05) is 12.0 Å². The van der Waals surface area contributed by atoms with E-state index in [0.29, 0.717) is 6.54 Å². The van der Waals surface area contributed by atoms with Crippen LogP contribution in [0.15, 0.2) is 0 Å². The van der Waals surface area contributed by atoms with Crippen LogP contribution in [0, 0.1) is 11.3 Å². The van der Waals surface area contributed by atoms with E-state index in [1.165, 1.54) is 0 Å². The number of aldehydes is 1. The van der Waals surface area contributed by atoms with Crippen molar-refractivity contribution in [1.29, 1.82) is 0 Å². The number of ether oxygens (including phenoxy) is 1. The minimum atomic E-state index is -0.545. The van der Waals surface area contributed by atoms with E-state index in [0.717, 1.165) is 6.29 Å². The Morgan fingerprint density at radius 2 is 1.81 bits per heavy atom. The number of carbonyl (C=O) groups is 2. The van der Waals surface area contributed by atoms with Gasteiger partial charge in [-0.05, 0) is 26.7 Å². The second kappa shape index (κ2) is 5.32. The van der Waals surface area contributed by atoms with Crippen LogP contribution >= 0.6 is 0 Å². The van der Waals surface area contributed by atoms with Gasteiger partial charge in [0.15, 0.2) is 0 Å². The summed E-state index contributed by atoms with van der Waals surface area (Å²) < 4.78 is 5.09. The minimum Gasteiger partial charge on any atom is -0.444 e. The highest BCUT2D eigenvalue weighted by atomic mass is 16.6. The first-order valence-corrected chi connectivity index (χ1v) is 5.54. The van der Waals surface area contributed by atoms with Crippen LogP contribution in [0.2, 0.25) is 0 Å². The van der Waals surface area contributed by atoms with Gasteiger partial charge in [-0.25, -0.2) is 4.79 Å². The van der Waals surface area contributed by atoms with E-state index in [9.17, 15) is 9.59 Å². The van der Waals surface area contributed by atoms with E-state index < -0.39 is 17.1 Å². The Kier molecular flexibility index (Phi) is 4.97. The Balaban J connectivity index is 4.24. The van der Waals surface area contributed by atoms with Crippen molar-refractivity contribution in [2.75, 3.05) is 6.54 Å². The smallest absolute Gasteiger partial charge is 0.407 e. The first kappa shape index (κ1) is 14.9. The highest BCUT2D eigenvalue weighted by molar-refractivity contribution is 5.69. The predicted octanol–water partition coefficient (Wildman–Crippen LogP) is 2.37. The first-order valence-electron chi connectivity index (χ1n) is 5.54. The van der Waals surface area contributed by atoms with E-state index in [2.05, 4.69) is 5.32 Å². The highest BCUT2D eigenvalue weighted by Gasteiger charge is 2.29. The molecular weight excluding hydrogens is 206 g/mol. The van der Waals surface area contributed by atoms with Crippen LogP contribution in [0.3, 0.4) is 0 Å². The second-order valence-electron chi connectivity index (χ2n) is 5.63. The van der Waals surface area contributed by atoms with E-state index in [-0.39, 0.29) is 5.92 Å². The molecule has 94 valence electrons. The van der Waals surface area contributed by atoms with Crippen LogP contribution in [-0.2, 0) is 9.53 Å². The molecule has 0 radical (unpaired) electrons. The van der Waals surface area contributed by atoms with Gasteiger partial charge >= 0.3 is 6.09 Å². The summed E-state index contributed by atoms with van der Waals surface area (Å²) in [6, 6.07) is 0. The topological polar surface area (TPSA) is 55.4 Å². The summed E-state index contributed by atoms with van der Waals surface area (Å²) in [6.45, 7) is 11.4. The molecule has 0 bridgehead atoms. The van der Waals surface area contributed by atoms with E-state index in [1.807, 2.05) is 20.8 Å². The average Bonchev–Trinajstić information content (AvgIpc) is 2.11. The summed E-state index contributed by atoms with van der Waals surface area (Å²) in [4.78, 5) is 22.4. The maximum Gasteiger partial charge on any atom is 0.407 e. The number of alkyl carbamates (subject to hydrolysis) is 1. The monoisotopic (exact) mass is 229 g/mol. The van der Waals surface area contributed by atoms with Gasteiger partial charge in [0.2, 0.25) is 0 Å². The molecule has 0 saturated carbocycles. The van der Waals surface area contributed by atoms with Crippen LogP contribution in [0.25, 0.3) is 0 Å². The van der Waals surface area contributed by atoms with Crippen LogP contribution in [-0.4, -0.2) is 24.5 Å². The van der Waals surface area contributed by atoms with Gasteiger partial charge in [0.1, 0.15) is 11.9 Å². The number of carbonyl (C=O) groups excluding carboxylic acids is 2. The number of nitrogens with one attached hydrogen (secondary N) is 1.